The molecule has 2 atom stereocenters. The number of thiophene rings is 1. The molecule has 2 saturated heterocycles. The van der Waals surface area contributed by atoms with Gasteiger partial charge in [-0.3, -0.25) is 9.89 Å². The Morgan fingerprint density at radius 2 is 2.00 bits per heavy atom. The van der Waals surface area contributed by atoms with Crippen LogP contribution >= 0.6 is 47.1 Å². The van der Waals surface area contributed by atoms with E-state index < -0.39 is 0 Å². The lowest BCUT2D eigenvalue weighted by Crippen LogP contribution is -2.47. The third-order valence-corrected chi connectivity index (χ3v) is 8.05. The van der Waals surface area contributed by atoms with Crippen LogP contribution in [0.4, 0.5) is 0 Å². The third-order valence-electron chi connectivity index (χ3n) is 5.84. The van der Waals surface area contributed by atoms with Gasteiger partial charge in [-0.25, -0.2) is 0 Å². The van der Waals surface area contributed by atoms with E-state index in [1.807, 2.05) is 30.1 Å². The van der Waals surface area contributed by atoms with Crippen LogP contribution in [-0.2, 0) is 4.74 Å². The predicted molar refractivity (Wildman–Crippen MR) is 143 cm³/mol. The average molecular weight is 573 g/mol. The van der Waals surface area contributed by atoms with E-state index >= 15 is 0 Å². The molecule has 1 aromatic carbocycles. The van der Waals surface area contributed by atoms with Gasteiger partial charge < -0.3 is 15.0 Å². The van der Waals surface area contributed by atoms with Crippen molar-refractivity contribution >= 4 is 53.0 Å². The molecule has 0 bridgehead atoms. The number of rotatable bonds is 7. The van der Waals surface area contributed by atoms with Crippen LogP contribution in [0.1, 0.15) is 17.3 Å². The number of benzene rings is 1. The monoisotopic (exact) mass is 572 g/mol. The second-order valence-corrected chi connectivity index (χ2v) is 9.91. The van der Waals surface area contributed by atoms with Crippen LogP contribution in [0.2, 0.25) is 0 Å². The van der Waals surface area contributed by atoms with E-state index in [9.17, 15) is 0 Å². The molecule has 2 aromatic rings. The average Bonchev–Trinajstić information content (AvgIpc) is 3.49. The second kappa shape index (κ2) is 13.0. The van der Waals surface area contributed by atoms with Crippen LogP contribution in [0, 0.1) is 5.92 Å². The number of hydrogen-bond donors (Lipinski definition) is 1. The molecule has 4 rings (SSSR count). The number of morpholine rings is 1. The van der Waals surface area contributed by atoms with Crippen molar-refractivity contribution in [2.75, 3.05) is 58.7 Å². The normalized spacial score (nSPS) is 21.0. The summed E-state index contributed by atoms with van der Waals surface area (Å²) in [7, 11) is 1.91. The highest BCUT2D eigenvalue weighted by molar-refractivity contribution is 14.0. The fourth-order valence-electron chi connectivity index (χ4n) is 4.19. The standard InChI is InChI=1S/C23H32N4OS2.HI/c1-24-23(27-10-9-19(17-27)18-30-20-6-3-2-4-7-20)25-16-21(22-8-5-15-29-22)26-11-13-28-14-12-26;/h2-8,15,19,21H,9-14,16-18H2,1H3,(H,24,25);1H. The van der Waals surface area contributed by atoms with Crippen molar-refractivity contribution in [1.29, 1.82) is 0 Å². The molecule has 2 aliphatic heterocycles. The SMILES string of the molecule is CN=C(NCC(c1cccs1)N1CCOCC1)N1CCC(CSc2ccccc2)C1.I. The zero-order valence-electron chi connectivity index (χ0n) is 18.1. The van der Waals surface area contributed by atoms with Crippen molar-refractivity contribution in [3.63, 3.8) is 0 Å². The van der Waals surface area contributed by atoms with Gasteiger partial charge in [0.25, 0.3) is 0 Å². The van der Waals surface area contributed by atoms with Gasteiger partial charge in [-0.05, 0) is 35.9 Å². The lowest BCUT2D eigenvalue weighted by atomic mass is 10.2. The minimum absolute atomic E-state index is 0. The zero-order chi connectivity index (χ0) is 20.6. The first kappa shape index (κ1) is 24.8. The number of halogens is 1. The van der Waals surface area contributed by atoms with Crippen LogP contribution < -0.4 is 5.32 Å². The molecule has 1 N–H and O–H groups in total. The maximum absolute atomic E-state index is 5.57. The van der Waals surface area contributed by atoms with E-state index in [-0.39, 0.29) is 24.0 Å². The lowest BCUT2D eigenvalue weighted by Gasteiger charge is -2.35. The van der Waals surface area contributed by atoms with Gasteiger partial charge in [0.1, 0.15) is 0 Å². The maximum atomic E-state index is 5.57. The maximum Gasteiger partial charge on any atom is 0.193 e. The lowest BCUT2D eigenvalue weighted by molar-refractivity contribution is 0.0176. The highest BCUT2D eigenvalue weighted by Gasteiger charge is 2.27. The van der Waals surface area contributed by atoms with Crippen LogP contribution in [-0.4, -0.2) is 74.5 Å². The van der Waals surface area contributed by atoms with Crippen molar-refractivity contribution in [3.05, 3.63) is 52.7 Å². The van der Waals surface area contributed by atoms with Gasteiger partial charge in [0.05, 0.1) is 19.3 Å². The summed E-state index contributed by atoms with van der Waals surface area (Å²) in [5.74, 6) is 2.92. The molecule has 1 aromatic heterocycles. The molecule has 0 aliphatic carbocycles. The van der Waals surface area contributed by atoms with Crippen molar-refractivity contribution in [2.24, 2.45) is 10.9 Å². The Bertz CT molecular complexity index is 784. The number of nitrogens with one attached hydrogen (secondary N) is 1. The summed E-state index contributed by atoms with van der Waals surface area (Å²) < 4.78 is 5.57. The van der Waals surface area contributed by atoms with Crippen LogP contribution in [0.15, 0.2) is 57.7 Å². The van der Waals surface area contributed by atoms with Gasteiger partial charge >= 0.3 is 0 Å². The first-order valence-electron chi connectivity index (χ1n) is 10.8. The summed E-state index contributed by atoms with van der Waals surface area (Å²) in [5, 5.41) is 5.86. The number of guanidine groups is 1. The summed E-state index contributed by atoms with van der Waals surface area (Å²) in [6.45, 7) is 6.68. The van der Waals surface area contributed by atoms with Gasteiger partial charge in [0.2, 0.25) is 0 Å². The summed E-state index contributed by atoms with van der Waals surface area (Å²) in [6.07, 6.45) is 1.23. The quantitative estimate of drug-likeness (QED) is 0.230. The second-order valence-electron chi connectivity index (χ2n) is 7.83. The topological polar surface area (TPSA) is 40.1 Å². The Labute approximate surface area is 211 Å². The highest BCUT2D eigenvalue weighted by atomic mass is 127. The molecule has 0 amide bonds. The highest BCUT2D eigenvalue weighted by Crippen LogP contribution is 2.27. The van der Waals surface area contributed by atoms with Crippen LogP contribution in [0.25, 0.3) is 0 Å². The molecule has 0 spiro atoms. The molecule has 0 saturated carbocycles. The van der Waals surface area contributed by atoms with E-state index in [0.29, 0.717) is 12.0 Å². The largest absolute Gasteiger partial charge is 0.379 e. The van der Waals surface area contributed by atoms with Crippen molar-refractivity contribution in [3.8, 4) is 0 Å². The molecule has 2 unspecified atom stereocenters. The third kappa shape index (κ3) is 7.08. The van der Waals surface area contributed by atoms with E-state index in [4.69, 9.17) is 4.74 Å². The van der Waals surface area contributed by atoms with Crippen molar-refractivity contribution < 1.29 is 4.74 Å². The van der Waals surface area contributed by atoms with Gasteiger partial charge in [0.15, 0.2) is 5.96 Å². The molecule has 2 fully saturated rings. The molecule has 3 heterocycles. The van der Waals surface area contributed by atoms with Crippen molar-refractivity contribution in [1.82, 2.24) is 15.1 Å². The Morgan fingerprint density at radius 1 is 1.19 bits per heavy atom. The minimum Gasteiger partial charge on any atom is -0.379 e. The molecule has 2 aliphatic rings. The molecule has 0 radical (unpaired) electrons. The summed E-state index contributed by atoms with van der Waals surface area (Å²) in [5.41, 5.74) is 0. The van der Waals surface area contributed by atoms with Crippen LogP contribution in [0.5, 0.6) is 0 Å². The molecule has 8 heteroatoms. The van der Waals surface area contributed by atoms with E-state index in [1.54, 1.807) is 0 Å². The summed E-state index contributed by atoms with van der Waals surface area (Å²) >= 11 is 3.81. The van der Waals surface area contributed by atoms with E-state index in [1.165, 1.54) is 21.9 Å². The zero-order valence-corrected chi connectivity index (χ0v) is 22.1. The Hall–Kier alpha value is -0.810. The fourth-order valence-corrected chi connectivity index (χ4v) is 6.10. The Kier molecular flexibility index (Phi) is 10.4. The molecule has 170 valence electrons. The Morgan fingerprint density at radius 3 is 2.71 bits per heavy atom. The van der Waals surface area contributed by atoms with E-state index in [2.05, 4.69) is 68.0 Å². The fraction of sp³-hybridized carbons (Fsp3) is 0.522. The number of thioether (sulfide) groups is 1. The molecular formula is C23H33IN4OS2. The van der Waals surface area contributed by atoms with E-state index in [0.717, 1.165) is 51.9 Å². The smallest absolute Gasteiger partial charge is 0.193 e. The van der Waals surface area contributed by atoms with Gasteiger partial charge in [-0.15, -0.1) is 47.1 Å². The number of likely N-dealkylation sites (tertiary alicyclic amines) is 1. The van der Waals surface area contributed by atoms with Gasteiger partial charge in [-0.2, -0.15) is 0 Å². The van der Waals surface area contributed by atoms with Gasteiger partial charge in [-0.1, -0.05) is 24.3 Å². The van der Waals surface area contributed by atoms with Crippen LogP contribution in [0.3, 0.4) is 0 Å². The molecule has 31 heavy (non-hydrogen) atoms. The first-order chi connectivity index (χ1) is 14.8. The number of aliphatic imine (C=N–C) groups is 1. The number of nitrogens with zero attached hydrogens (tertiary/aromatic N) is 3. The minimum atomic E-state index is 0. The first-order valence-corrected chi connectivity index (χ1v) is 12.7. The van der Waals surface area contributed by atoms with Crippen molar-refractivity contribution in [2.45, 2.75) is 17.4 Å². The number of ether oxygens (including phenoxy) is 1. The van der Waals surface area contributed by atoms with Gasteiger partial charge in [0, 0.05) is 55.3 Å². The molecular weight excluding hydrogens is 539 g/mol. The predicted octanol–water partition coefficient (Wildman–Crippen LogP) is 4.43. The summed E-state index contributed by atoms with van der Waals surface area (Å²) in [4.78, 5) is 12.4. The number of hydrogen-bond acceptors (Lipinski definition) is 5. The molecule has 5 nitrogen and oxygen atoms in total. The Balaban J connectivity index is 0.00000272. The summed E-state index contributed by atoms with van der Waals surface area (Å²) in [6, 6.07) is 15.5.